The van der Waals surface area contributed by atoms with E-state index >= 15 is 0 Å². The van der Waals surface area contributed by atoms with Gasteiger partial charge in [-0.3, -0.25) is 5.10 Å². The Morgan fingerprint density at radius 1 is 1.41 bits per heavy atom. The van der Waals surface area contributed by atoms with Crippen LogP contribution in [-0.2, 0) is 0 Å². The van der Waals surface area contributed by atoms with Gasteiger partial charge in [-0.25, -0.2) is 4.98 Å². The SMILES string of the molecule is Cc1[nH]ncc1-c1ccc(N[C@@H](C)CO)nc1. The van der Waals surface area contributed by atoms with Gasteiger partial charge in [-0.2, -0.15) is 5.10 Å². The number of pyridine rings is 1. The van der Waals surface area contributed by atoms with E-state index in [9.17, 15) is 0 Å². The first kappa shape index (κ1) is 11.6. The summed E-state index contributed by atoms with van der Waals surface area (Å²) in [6.07, 6.45) is 3.58. The van der Waals surface area contributed by atoms with Gasteiger partial charge >= 0.3 is 0 Å². The average molecular weight is 232 g/mol. The third-order valence-corrected chi connectivity index (χ3v) is 2.57. The average Bonchev–Trinajstić information content (AvgIpc) is 2.76. The van der Waals surface area contributed by atoms with Crippen molar-refractivity contribution < 1.29 is 5.11 Å². The number of aliphatic hydroxyl groups is 1. The van der Waals surface area contributed by atoms with Gasteiger partial charge in [-0.15, -0.1) is 0 Å². The van der Waals surface area contributed by atoms with E-state index in [-0.39, 0.29) is 12.6 Å². The highest BCUT2D eigenvalue weighted by molar-refractivity contribution is 5.65. The largest absolute Gasteiger partial charge is 0.394 e. The first-order chi connectivity index (χ1) is 8.20. The molecule has 1 atom stereocenters. The minimum Gasteiger partial charge on any atom is -0.394 e. The van der Waals surface area contributed by atoms with Crippen molar-refractivity contribution in [1.82, 2.24) is 15.2 Å². The van der Waals surface area contributed by atoms with Crippen molar-refractivity contribution in [1.29, 1.82) is 0 Å². The molecule has 5 nitrogen and oxygen atoms in total. The summed E-state index contributed by atoms with van der Waals surface area (Å²) in [7, 11) is 0. The number of anilines is 1. The maximum absolute atomic E-state index is 8.93. The second-order valence-corrected chi connectivity index (χ2v) is 4.07. The number of nitrogens with one attached hydrogen (secondary N) is 2. The van der Waals surface area contributed by atoms with Crippen LogP contribution in [0.4, 0.5) is 5.82 Å². The van der Waals surface area contributed by atoms with Crippen LogP contribution in [0.2, 0.25) is 0 Å². The van der Waals surface area contributed by atoms with Gasteiger partial charge in [0.25, 0.3) is 0 Å². The lowest BCUT2D eigenvalue weighted by Gasteiger charge is -2.11. The molecule has 3 N–H and O–H groups in total. The first-order valence-electron chi connectivity index (χ1n) is 5.54. The molecular formula is C12H16N4O. The van der Waals surface area contributed by atoms with Gasteiger partial charge in [-0.1, -0.05) is 0 Å². The Kier molecular flexibility index (Phi) is 3.39. The predicted octanol–water partition coefficient (Wildman–Crippen LogP) is 1.57. The van der Waals surface area contributed by atoms with Crippen molar-refractivity contribution >= 4 is 5.82 Å². The molecule has 2 aromatic heterocycles. The zero-order valence-corrected chi connectivity index (χ0v) is 9.94. The summed E-state index contributed by atoms with van der Waals surface area (Å²) in [4.78, 5) is 4.30. The van der Waals surface area contributed by atoms with Crippen LogP contribution in [-0.4, -0.2) is 32.9 Å². The maximum atomic E-state index is 8.93. The zero-order valence-electron chi connectivity index (χ0n) is 9.94. The van der Waals surface area contributed by atoms with Crippen molar-refractivity contribution in [3.63, 3.8) is 0 Å². The van der Waals surface area contributed by atoms with Gasteiger partial charge in [0.2, 0.25) is 0 Å². The van der Waals surface area contributed by atoms with Crippen molar-refractivity contribution in [3.05, 3.63) is 30.2 Å². The lowest BCUT2D eigenvalue weighted by molar-refractivity contribution is 0.281. The minimum absolute atomic E-state index is 0.00371. The molecule has 0 saturated carbocycles. The van der Waals surface area contributed by atoms with E-state index in [1.807, 2.05) is 26.0 Å². The number of hydrogen-bond acceptors (Lipinski definition) is 4. The second kappa shape index (κ2) is 4.97. The van der Waals surface area contributed by atoms with Gasteiger partial charge in [0.15, 0.2) is 0 Å². The Morgan fingerprint density at radius 2 is 2.24 bits per heavy atom. The summed E-state index contributed by atoms with van der Waals surface area (Å²) in [6.45, 7) is 3.96. The molecule has 0 aliphatic heterocycles. The van der Waals surface area contributed by atoms with Crippen LogP contribution in [0.15, 0.2) is 24.5 Å². The molecule has 2 heterocycles. The molecule has 0 bridgehead atoms. The highest BCUT2D eigenvalue weighted by atomic mass is 16.3. The number of aliphatic hydroxyl groups excluding tert-OH is 1. The monoisotopic (exact) mass is 232 g/mol. The molecule has 0 spiro atoms. The number of aromatic nitrogens is 3. The van der Waals surface area contributed by atoms with Gasteiger partial charge < -0.3 is 10.4 Å². The van der Waals surface area contributed by atoms with Gasteiger partial charge in [0.1, 0.15) is 5.82 Å². The molecule has 17 heavy (non-hydrogen) atoms. The Balaban J connectivity index is 2.16. The van der Waals surface area contributed by atoms with Crippen molar-refractivity contribution in [2.75, 3.05) is 11.9 Å². The van der Waals surface area contributed by atoms with E-state index < -0.39 is 0 Å². The summed E-state index contributed by atoms with van der Waals surface area (Å²) in [5.41, 5.74) is 3.11. The maximum Gasteiger partial charge on any atom is 0.126 e. The molecule has 5 heteroatoms. The van der Waals surface area contributed by atoms with E-state index in [0.29, 0.717) is 0 Å². The number of nitrogens with zero attached hydrogens (tertiary/aromatic N) is 2. The number of aryl methyl sites for hydroxylation is 1. The normalized spacial score (nSPS) is 12.4. The van der Waals surface area contributed by atoms with Crippen molar-refractivity contribution in [2.24, 2.45) is 0 Å². The molecule has 0 aliphatic rings. The molecule has 0 amide bonds. The number of H-pyrrole nitrogens is 1. The number of rotatable bonds is 4. The smallest absolute Gasteiger partial charge is 0.126 e. The summed E-state index contributed by atoms with van der Waals surface area (Å²) in [5, 5.41) is 18.9. The summed E-state index contributed by atoms with van der Waals surface area (Å²) in [5.74, 6) is 0.761. The number of hydrogen-bond donors (Lipinski definition) is 3. The van der Waals surface area contributed by atoms with Crippen molar-refractivity contribution in [3.8, 4) is 11.1 Å². The second-order valence-electron chi connectivity index (χ2n) is 4.07. The summed E-state index contributed by atoms with van der Waals surface area (Å²) < 4.78 is 0. The Hall–Kier alpha value is -1.88. The molecule has 0 fully saturated rings. The van der Waals surface area contributed by atoms with Crippen molar-refractivity contribution in [2.45, 2.75) is 19.9 Å². The van der Waals surface area contributed by atoms with Gasteiger partial charge in [-0.05, 0) is 26.0 Å². The van der Waals surface area contributed by atoms with Gasteiger partial charge in [0, 0.05) is 29.1 Å². The van der Waals surface area contributed by atoms with Crippen LogP contribution in [0.5, 0.6) is 0 Å². The van der Waals surface area contributed by atoms with E-state index in [4.69, 9.17) is 5.11 Å². The topological polar surface area (TPSA) is 73.8 Å². The fourth-order valence-electron chi connectivity index (χ4n) is 1.58. The molecule has 0 radical (unpaired) electrons. The molecule has 0 aromatic carbocycles. The summed E-state index contributed by atoms with van der Waals surface area (Å²) in [6, 6.07) is 3.88. The molecule has 0 unspecified atom stereocenters. The molecule has 2 rings (SSSR count). The standard InChI is InChI=1S/C12H16N4O/c1-8(7-17)15-12-4-3-10(5-13-12)11-6-14-16-9(11)2/h3-6,8,17H,7H2,1-2H3,(H,13,15)(H,14,16)/t8-/m0/s1. The predicted molar refractivity (Wildman–Crippen MR) is 66.7 cm³/mol. The molecular weight excluding hydrogens is 216 g/mol. The zero-order chi connectivity index (χ0) is 12.3. The van der Waals surface area contributed by atoms with Crippen LogP contribution < -0.4 is 5.32 Å². The highest BCUT2D eigenvalue weighted by Crippen LogP contribution is 2.21. The Bertz CT molecular complexity index is 478. The van der Waals surface area contributed by atoms with Crippen LogP contribution >= 0.6 is 0 Å². The molecule has 0 aliphatic carbocycles. The quantitative estimate of drug-likeness (QED) is 0.748. The fraction of sp³-hybridized carbons (Fsp3) is 0.333. The first-order valence-corrected chi connectivity index (χ1v) is 5.54. The Morgan fingerprint density at radius 3 is 2.76 bits per heavy atom. The van der Waals surface area contributed by atoms with Gasteiger partial charge in [0.05, 0.1) is 12.8 Å². The van der Waals surface area contributed by atoms with E-state index in [1.165, 1.54) is 0 Å². The highest BCUT2D eigenvalue weighted by Gasteiger charge is 2.05. The van der Waals surface area contributed by atoms with Crippen LogP contribution in [0.1, 0.15) is 12.6 Å². The summed E-state index contributed by atoms with van der Waals surface area (Å²) >= 11 is 0. The third-order valence-electron chi connectivity index (χ3n) is 2.57. The molecule has 0 saturated heterocycles. The minimum atomic E-state index is 0.00371. The fourth-order valence-corrected chi connectivity index (χ4v) is 1.58. The molecule has 90 valence electrons. The number of aromatic amines is 1. The van der Waals surface area contributed by atoms with E-state index in [2.05, 4.69) is 20.5 Å². The van der Waals surface area contributed by atoms with E-state index in [0.717, 1.165) is 22.6 Å². The van der Waals surface area contributed by atoms with Crippen LogP contribution in [0.25, 0.3) is 11.1 Å². The third kappa shape index (κ3) is 2.62. The molecule has 2 aromatic rings. The van der Waals surface area contributed by atoms with Crippen LogP contribution in [0.3, 0.4) is 0 Å². The lowest BCUT2D eigenvalue weighted by atomic mass is 10.1. The Labute approximate surface area is 99.9 Å². The van der Waals surface area contributed by atoms with E-state index in [1.54, 1.807) is 12.4 Å². The van der Waals surface area contributed by atoms with Crippen LogP contribution in [0, 0.1) is 6.92 Å². The lowest BCUT2D eigenvalue weighted by Crippen LogP contribution is -2.19.